The van der Waals surface area contributed by atoms with Crippen molar-refractivity contribution in [3.8, 4) is 5.75 Å². The summed E-state index contributed by atoms with van der Waals surface area (Å²) < 4.78 is 11.0. The largest absolute Gasteiger partial charge is 0.492 e. The number of ether oxygens (including phenoxy) is 2. The number of amides is 2. The molecule has 0 saturated carbocycles. The van der Waals surface area contributed by atoms with Gasteiger partial charge < -0.3 is 19.7 Å². The minimum absolute atomic E-state index is 0.0881. The third-order valence-electron chi connectivity index (χ3n) is 5.54. The van der Waals surface area contributed by atoms with Crippen LogP contribution in [-0.4, -0.2) is 43.6 Å². The molecule has 3 aromatic rings. The summed E-state index contributed by atoms with van der Waals surface area (Å²) in [5, 5.41) is 5.03. The second kappa shape index (κ2) is 9.97. The molecule has 2 aromatic carbocycles. The minimum Gasteiger partial charge on any atom is -0.492 e. The van der Waals surface area contributed by atoms with E-state index in [4.69, 9.17) is 9.47 Å². The van der Waals surface area contributed by atoms with Gasteiger partial charge in [0.05, 0.1) is 30.9 Å². The number of carbonyl (C=O) groups excluding carboxylic acids is 2. The molecule has 6 nitrogen and oxygen atoms in total. The SMILES string of the molecule is CCOc1ccccc1NC(=O)[C@H]1c2ccccc2C(=O)N(CCOC)[C@@H]1c1cccs1. The number of anilines is 1. The van der Waals surface area contributed by atoms with E-state index in [1.165, 1.54) is 0 Å². The number of para-hydroxylation sites is 2. The summed E-state index contributed by atoms with van der Waals surface area (Å²) in [6, 6.07) is 18.2. The molecule has 0 fully saturated rings. The maximum Gasteiger partial charge on any atom is 0.254 e. The van der Waals surface area contributed by atoms with Gasteiger partial charge in [-0.05, 0) is 42.1 Å². The molecule has 7 heteroatoms. The Labute approximate surface area is 191 Å². The first-order chi connectivity index (χ1) is 15.7. The maximum absolute atomic E-state index is 13.8. The zero-order valence-electron chi connectivity index (χ0n) is 18.1. The van der Waals surface area contributed by atoms with Crippen molar-refractivity contribution in [2.75, 3.05) is 32.2 Å². The van der Waals surface area contributed by atoms with E-state index in [0.29, 0.717) is 36.8 Å². The molecular weight excluding hydrogens is 424 g/mol. The van der Waals surface area contributed by atoms with Crippen molar-refractivity contribution in [1.29, 1.82) is 0 Å². The van der Waals surface area contributed by atoms with E-state index < -0.39 is 12.0 Å². The number of fused-ring (bicyclic) bond motifs is 1. The summed E-state index contributed by atoms with van der Waals surface area (Å²) in [6.07, 6.45) is 0. The van der Waals surface area contributed by atoms with Crippen LogP contribution in [-0.2, 0) is 9.53 Å². The van der Waals surface area contributed by atoms with Crippen LogP contribution in [0.3, 0.4) is 0 Å². The van der Waals surface area contributed by atoms with Crippen LogP contribution >= 0.6 is 11.3 Å². The Balaban J connectivity index is 1.78. The van der Waals surface area contributed by atoms with Gasteiger partial charge in [-0.2, -0.15) is 0 Å². The van der Waals surface area contributed by atoms with Gasteiger partial charge in [-0.25, -0.2) is 0 Å². The highest BCUT2D eigenvalue weighted by Gasteiger charge is 2.44. The third-order valence-corrected chi connectivity index (χ3v) is 6.48. The van der Waals surface area contributed by atoms with Gasteiger partial charge >= 0.3 is 0 Å². The number of hydrogen-bond donors (Lipinski definition) is 1. The number of rotatable bonds is 8. The molecule has 0 spiro atoms. The predicted octanol–water partition coefficient (Wildman–Crippen LogP) is 4.71. The number of hydrogen-bond acceptors (Lipinski definition) is 5. The van der Waals surface area contributed by atoms with Crippen molar-refractivity contribution in [3.63, 3.8) is 0 Å². The Morgan fingerprint density at radius 2 is 1.88 bits per heavy atom. The number of nitrogens with zero attached hydrogens (tertiary/aromatic N) is 1. The monoisotopic (exact) mass is 450 g/mol. The van der Waals surface area contributed by atoms with Crippen molar-refractivity contribution in [3.05, 3.63) is 82.0 Å². The topological polar surface area (TPSA) is 67.9 Å². The first-order valence-corrected chi connectivity index (χ1v) is 11.5. The molecule has 0 unspecified atom stereocenters. The number of benzene rings is 2. The lowest BCUT2D eigenvalue weighted by molar-refractivity contribution is -0.119. The number of methoxy groups -OCH3 is 1. The number of carbonyl (C=O) groups is 2. The molecular formula is C25H26N2O4S. The number of nitrogens with one attached hydrogen (secondary N) is 1. The van der Waals surface area contributed by atoms with Crippen molar-refractivity contribution < 1.29 is 19.1 Å². The predicted molar refractivity (Wildman–Crippen MR) is 125 cm³/mol. The number of thiophene rings is 1. The van der Waals surface area contributed by atoms with Crippen LogP contribution in [0.15, 0.2) is 66.0 Å². The van der Waals surface area contributed by atoms with Crippen molar-refractivity contribution in [2.24, 2.45) is 0 Å². The molecule has 1 N–H and O–H groups in total. The van der Waals surface area contributed by atoms with Gasteiger partial charge in [-0.15, -0.1) is 11.3 Å². The van der Waals surface area contributed by atoms with Crippen LogP contribution < -0.4 is 10.1 Å². The van der Waals surface area contributed by atoms with E-state index in [0.717, 1.165) is 10.4 Å². The second-order valence-electron chi connectivity index (χ2n) is 7.43. The zero-order valence-corrected chi connectivity index (χ0v) is 18.9. The summed E-state index contributed by atoms with van der Waals surface area (Å²) in [4.78, 5) is 29.9. The molecule has 0 bridgehead atoms. The Bertz CT molecular complexity index is 1080. The summed E-state index contributed by atoms with van der Waals surface area (Å²) >= 11 is 1.54. The van der Waals surface area contributed by atoms with Crippen LogP contribution in [0.4, 0.5) is 5.69 Å². The van der Waals surface area contributed by atoms with E-state index >= 15 is 0 Å². The van der Waals surface area contributed by atoms with Crippen LogP contribution in [0.5, 0.6) is 5.75 Å². The third kappa shape index (κ3) is 4.26. The lowest BCUT2D eigenvalue weighted by atomic mass is 9.81. The Morgan fingerprint density at radius 3 is 2.62 bits per heavy atom. The molecule has 1 aliphatic heterocycles. The molecule has 2 amide bonds. The molecule has 1 aliphatic rings. The lowest BCUT2D eigenvalue weighted by Crippen LogP contribution is -2.47. The van der Waals surface area contributed by atoms with Gasteiger partial charge in [0.25, 0.3) is 5.91 Å². The molecule has 0 saturated heterocycles. The highest BCUT2D eigenvalue weighted by Crippen LogP contribution is 2.44. The normalized spacial score (nSPS) is 17.7. The Morgan fingerprint density at radius 1 is 1.09 bits per heavy atom. The molecule has 2 atom stereocenters. The van der Waals surface area contributed by atoms with E-state index in [1.54, 1.807) is 29.4 Å². The fraction of sp³-hybridized carbons (Fsp3) is 0.280. The first kappa shape index (κ1) is 22.0. The average molecular weight is 451 g/mol. The van der Waals surface area contributed by atoms with Crippen molar-refractivity contribution in [1.82, 2.24) is 4.90 Å². The van der Waals surface area contributed by atoms with Gasteiger partial charge in [0.1, 0.15) is 5.75 Å². The lowest BCUT2D eigenvalue weighted by Gasteiger charge is -2.41. The highest BCUT2D eigenvalue weighted by molar-refractivity contribution is 7.10. The fourth-order valence-electron chi connectivity index (χ4n) is 4.15. The van der Waals surface area contributed by atoms with Crippen molar-refractivity contribution in [2.45, 2.75) is 18.9 Å². The Kier molecular flexibility index (Phi) is 6.87. The molecule has 0 aliphatic carbocycles. The summed E-state index contributed by atoms with van der Waals surface area (Å²) in [7, 11) is 1.61. The minimum atomic E-state index is -0.575. The molecule has 1 aromatic heterocycles. The first-order valence-electron chi connectivity index (χ1n) is 10.6. The highest BCUT2D eigenvalue weighted by atomic mass is 32.1. The van der Waals surface area contributed by atoms with Gasteiger partial charge in [-0.3, -0.25) is 9.59 Å². The molecule has 4 rings (SSSR count). The molecule has 2 heterocycles. The van der Waals surface area contributed by atoms with E-state index in [2.05, 4.69) is 5.32 Å². The van der Waals surface area contributed by atoms with Crippen LogP contribution in [0, 0.1) is 0 Å². The maximum atomic E-state index is 13.8. The Hall–Kier alpha value is -3.16. The standard InChI is InChI=1S/C25H26N2O4S/c1-3-31-20-12-7-6-11-19(20)26-24(28)22-17-9-4-5-10-18(17)25(29)27(14-15-30-2)23(22)21-13-8-16-32-21/h4-13,16,22-23H,3,14-15H2,1-2H3,(H,26,28)/t22-,23+/m0/s1. The van der Waals surface area contributed by atoms with E-state index in [9.17, 15) is 9.59 Å². The zero-order chi connectivity index (χ0) is 22.5. The quantitative estimate of drug-likeness (QED) is 0.540. The molecule has 32 heavy (non-hydrogen) atoms. The van der Waals surface area contributed by atoms with Crippen LogP contribution in [0.2, 0.25) is 0 Å². The fourth-order valence-corrected chi connectivity index (χ4v) is 5.02. The van der Waals surface area contributed by atoms with Crippen LogP contribution in [0.25, 0.3) is 0 Å². The summed E-state index contributed by atoms with van der Waals surface area (Å²) in [5.74, 6) is -0.228. The van der Waals surface area contributed by atoms with E-state index in [1.807, 2.05) is 66.9 Å². The molecule has 166 valence electrons. The smallest absolute Gasteiger partial charge is 0.254 e. The van der Waals surface area contributed by atoms with Crippen LogP contribution in [0.1, 0.15) is 39.7 Å². The van der Waals surface area contributed by atoms with Gasteiger partial charge in [0.2, 0.25) is 5.91 Å². The average Bonchev–Trinajstić information content (AvgIpc) is 3.34. The second-order valence-corrected chi connectivity index (χ2v) is 8.41. The van der Waals surface area contributed by atoms with Gasteiger partial charge in [0, 0.05) is 24.1 Å². The van der Waals surface area contributed by atoms with Gasteiger partial charge in [-0.1, -0.05) is 36.4 Å². The summed E-state index contributed by atoms with van der Waals surface area (Å²) in [5.41, 5.74) is 1.90. The van der Waals surface area contributed by atoms with Crippen molar-refractivity contribution >= 4 is 28.8 Å². The van der Waals surface area contributed by atoms with Gasteiger partial charge in [0.15, 0.2) is 0 Å². The summed E-state index contributed by atoms with van der Waals surface area (Å²) in [6.45, 7) is 3.18. The molecule has 0 radical (unpaired) electrons. The van der Waals surface area contributed by atoms with E-state index in [-0.39, 0.29) is 11.8 Å².